The minimum Gasteiger partial charge on any atom is -0.399 e. The van der Waals surface area contributed by atoms with Crippen LogP contribution >= 0.6 is 0 Å². The van der Waals surface area contributed by atoms with Crippen LogP contribution < -0.4 is 10.6 Å². The molecule has 0 aliphatic heterocycles. The Morgan fingerprint density at radius 1 is 1.00 bits per heavy atom. The molecule has 4 heteroatoms. The Morgan fingerprint density at radius 3 is 2.50 bits per heavy atom. The van der Waals surface area contributed by atoms with Gasteiger partial charge in [0.2, 0.25) is 0 Å². The van der Waals surface area contributed by atoms with Gasteiger partial charge in [0.1, 0.15) is 11.6 Å². The summed E-state index contributed by atoms with van der Waals surface area (Å²) in [6.45, 7) is 0. The molecule has 1 heterocycles. The summed E-state index contributed by atoms with van der Waals surface area (Å²) in [6, 6.07) is 15.8. The van der Waals surface area contributed by atoms with E-state index in [9.17, 15) is 4.39 Å². The highest BCUT2D eigenvalue weighted by atomic mass is 19.1. The van der Waals surface area contributed by atoms with Crippen LogP contribution in [0.4, 0.5) is 21.6 Å². The second-order valence-corrected chi connectivity index (χ2v) is 4.66. The fraction of sp³-hybridized carbons (Fsp3) is 0.0625. The number of nitrogens with zero attached hydrogens (tertiary/aromatic N) is 2. The van der Waals surface area contributed by atoms with Crippen LogP contribution in [0, 0.1) is 5.82 Å². The Balaban J connectivity index is 2.01. The largest absolute Gasteiger partial charge is 0.399 e. The van der Waals surface area contributed by atoms with E-state index in [2.05, 4.69) is 4.98 Å². The fourth-order valence-corrected chi connectivity index (χ4v) is 2.12. The maximum atomic E-state index is 13.0. The number of nitrogen functional groups attached to an aromatic ring is 1. The van der Waals surface area contributed by atoms with Gasteiger partial charge in [-0.25, -0.2) is 9.37 Å². The molecule has 0 radical (unpaired) electrons. The van der Waals surface area contributed by atoms with E-state index in [-0.39, 0.29) is 5.82 Å². The molecule has 0 bridgehead atoms. The lowest BCUT2D eigenvalue weighted by Gasteiger charge is -2.18. The molecule has 1 aromatic heterocycles. The van der Waals surface area contributed by atoms with Gasteiger partial charge in [0.25, 0.3) is 0 Å². The fourth-order valence-electron chi connectivity index (χ4n) is 2.12. The Kier molecular flexibility index (Phi) is 2.99. The number of hydrogen-bond donors (Lipinski definition) is 1. The smallest absolute Gasteiger partial charge is 0.133 e. The first-order chi connectivity index (χ1) is 9.63. The topological polar surface area (TPSA) is 42.1 Å². The molecule has 0 saturated carbocycles. The zero-order chi connectivity index (χ0) is 14.1. The van der Waals surface area contributed by atoms with Gasteiger partial charge in [-0.3, -0.25) is 0 Å². The van der Waals surface area contributed by atoms with Gasteiger partial charge >= 0.3 is 0 Å². The van der Waals surface area contributed by atoms with E-state index in [4.69, 9.17) is 5.73 Å². The number of benzene rings is 2. The summed E-state index contributed by atoms with van der Waals surface area (Å²) in [5.74, 6) is 0.554. The lowest BCUT2D eigenvalue weighted by Crippen LogP contribution is -2.11. The molecule has 0 atom stereocenters. The molecule has 0 unspecified atom stereocenters. The van der Waals surface area contributed by atoms with Crippen LogP contribution in [0.5, 0.6) is 0 Å². The van der Waals surface area contributed by atoms with Gasteiger partial charge in [0.15, 0.2) is 0 Å². The van der Waals surface area contributed by atoms with Gasteiger partial charge in [-0.05, 0) is 54.6 Å². The highest BCUT2D eigenvalue weighted by Crippen LogP contribution is 2.25. The summed E-state index contributed by atoms with van der Waals surface area (Å²) in [6.07, 6.45) is 0. The van der Waals surface area contributed by atoms with Crippen LogP contribution in [0.3, 0.4) is 0 Å². The number of rotatable bonds is 2. The molecule has 0 saturated heterocycles. The van der Waals surface area contributed by atoms with Gasteiger partial charge in [0, 0.05) is 23.8 Å². The van der Waals surface area contributed by atoms with E-state index >= 15 is 0 Å². The molecule has 3 rings (SSSR count). The van der Waals surface area contributed by atoms with Crippen molar-refractivity contribution in [1.29, 1.82) is 0 Å². The zero-order valence-electron chi connectivity index (χ0n) is 11.0. The lowest BCUT2D eigenvalue weighted by atomic mass is 10.2. The molecule has 2 N–H and O–H groups in total. The molecule has 0 aliphatic carbocycles. The number of fused-ring (bicyclic) bond motifs is 1. The van der Waals surface area contributed by atoms with Crippen molar-refractivity contribution >= 4 is 28.1 Å². The molecular formula is C16H14FN3. The molecule has 0 fully saturated rings. The summed E-state index contributed by atoms with van der Waals surface area (Å²) in [4.78, 5) is 6.50. The first-order valence-corrected chi connectivity index (χ1v) is 6.29. The molecule has 2 aromatic carbocycles. The SMILES string of the molecule is CN(c1ccc(F)cc1)c1ccc2cc(N)ccc2n1. The predicted molar refractivity (Wildman–Crippen MR) is 80.6 cm³/mol. The lowest BCUT2D eigenvalue weighted by molar-refractivity contribution is 0.628. The average Bonchev–Trinajstić information content (AvgIpc) is 2.47. The molecule has 3 aromatic rings. The number of halogens is 1. The normalized spacial score (nSPS) is 10.7. The van der Waals surface area contributed by atoms with Crippen LogP contribution in [-0.4, -0.2) is 12.0 Å². The summed E-state index contributed by atoms with van der Waals surface area (Å²) in [5.41, 5.74) is 8.24. The van der Waals surface area contributed by atoms with Gasteiger partial charge < -0.3 is 10.6 Å². The van der Waals surface area contributed by atoms with Crippen LogP contribution in [0.2, 0.25) is 0 Å². The Hall–Kier alpha value is -2.62. The third kappa shape index (κ3) is 2.28. The number of hydrogen-bond acceptors (Lipinski definition) is 3. The van der Waals surface area contributed by atoms with Crippen molar-refractivity contribution in [3.63, 3.8) is 0 Å². The average molecular weight is 267 g/mol. The number of anilines is 3. The maximum absolute atomic E-state index is 13.0. The van der Waals surface area contributed by atoms with E-state index in [1.807, 2.05) is 42.3 Å². The first kappa shape index (κ1) is 12.4. The molecule has 0 spiro atoms. The van der Waals surface area contributed by atoms with Crippen LogP contribution in [-0.2, 0) is 0 Å². The van der Waals surface area contributed by atoms with Gasteiger partial charge in [-0.2, -0.15) is 0 Å². The maximum Gasteiger partial charge on any atom is 0.133 e. The van der Waals surface area contributed by atoms with Crippen LogP contribution in [0.1, 0.15) is 0 Å². The van der Waals surface area contributed by atoms with E-state index in [0.717, 1.165) is 28.1 Å². The minimum atomic E-state index is -0.246. The summed E-state index contributed by atoms with van der Waals surface area (Å²) in [7, 11) is 1.90. The molecule has 100 valence electrons. The monoisotopic (exact) mass is 267 g/mol. The predicted octanol–water partition coefficient (Wildman–Crippen LogP) is 3.72. The Morgan fingerprint density at radius 2 is 1.75 bits per heavy atom. The summed E-state index contributed by atoms with van der Waals surface area (Å²) >= 11 is 0. The standard InChI is InChI=1S/C16H14FN3/c1-20(14-6-3-12(17)4-7-14)16-9-2-11-10-13(18)5-8-15(11)19-16/h2-10H,18H2,1H3. The van der Waals surface area contributed by atoms with E-state index in [1.165, 1.54) is 12.1 Å². The van der Waals surface area contributed by atoms with Crippen molar-refractivity contribution < 1.29 is 4.39 Å². The molecule has 0 aliphatic rings. The summed E-state index contributed by atoms with van der Waals surface area (Å²) in [5, 5.41) is 1.00. The zero-order valence-corrected chi connectivity index (χ0v) is 11.0. The van der Waals surface area contributed by atoms with Gasteiger partial charge in [-0.1, -0.05) is 0 Å². The van der Waals surface area contributed by atoms with Crippen LogP contribution in [0.25, 0.3) is 10.9 Å². The Labute approximate surface area is 116 Å². The van der Waals surface area contributed by atoms with Crippen molar-refractivity contribution in [1.82, 2.24) is 4.98 Å². The van der Waals surface area contributed by atoms with Crippen molar-refractivity contribution in [2.75, 3.05) is 17.7 Å². The highest BCUT2D eigenvalue weighted by Gasteiger charge is 2.06. The first-order valence-electron chi connectivity index (χ1n) is 6.29. The second kappa shape index (κ2) is 4.81. The van der Waals surface area contributed by atoms with Crippen LogP contribution in [0.15, 0.2) is 54.6 Å². The quantitative estimate of drug-likeness (QED) is 0.719. The van der Waals surface area contributed by atoms with Crippen molar-refractivity contribution in [2.24, 2.45) is 0 Å². The molecule has 3 nitrogen and oxygen atoms in total. The summed E-state index contributed by atoms with van der Waals surface area (Å²) < 4.78 is 13.0. The molecule has 20 heavy (non-hydrogen) atoms. The third-order valence-corrected chi connectivity index (χ3v) is 3.26. The highest BCUT2D eigenvalue weighted by molar-refractivity contribution is 5.84. The van der Waals surface area contributed by atoms with Crippen molar-refractivity contribution in [3.8, 4) is 0 Å². The van der Waals surface area contributed by atoms with E-state index in [0.29, 0.717) is 0 Å². The molecular weight excluding hydrogens is 253 g/mol. The number of nitrogens with two attached hydrogens (primary N) is 1. The van der Waals surface area contributed by atoms with Gasteiger partial charge in [0.05, 0.1) is 5.52 Å². The number of pyridine rings is 1. The third-order valence-electron chi connectivity index (χ3n) is 3.26. The van der Waals surface area contributed by atoms with Crippen molar-refractivity contribution in [2.45, 2.75) is 0 Å². The molecule has 0 amide bonds. The Bertz CT molecular complexity index is 753. The number of aromatic nitrogens is 1. The van der Waals surface area contributed by atoms with E-state index in [1.54, 1.807) is 12.1 Å². The van der Waals surface area contributed by atoms with Crippen molar-refractivity contribution in [3.05, 3.63) is 60.4 Å². The van der Waals surface area contributed by atoms with E-state index < -0.39 is 0 Å². The second-order valence-electron chi connectivity index (χ2n) is 4.66. The minimum absolute atomic E-state index is 0.246. The van der Waals surface area contributed by atoms with Gasteiger partial charge in [-0.15, -0.1) is 0 Å².